The largest absolute Gasteiger partial charge is 0.426 e. The number of esters is 1. The third kappa shape index (κ3) is 2.54. The molecule has 0 radical (unpaired) electrons. The maximum absolute atomic E-state index is 11.9. The lowest BCUT2D eigenvalue weighted by Crippen LogP contribution is -2.08. The number of carbonyl (C=O) groups is 1. The zero-order valence-electron chi connectivity index (χ0n) is 11.0. The van der Waals surface area contributed by atoms with E-state index in [0.29, 0.717) is 5.75 Å². The van der Waals surface area contributed by atoms with Crippen molar-refractivity contribution in [3.05, 3.63) is 71.8 Å². The van der Waals surface area contributed by atoms with E-state index < -0.39 is 0 Å². The summed E-state index contributed by atoms with van der Waals surface area (Å²) in [6.07, 6.45) is 4.30. The number of hydrogen-bond acceptors (Lipinski definition) is 2. The van der Waals surface area contributed by atoms with Crippen LogP contribution in [-0.2, 0) is 4.79 Å². The Morgan fingerprint density at radius 1 is 1.00 bits per heavy atom. The number of para-hydroxylation sites is 1. The van der Waals surface area contributed by atoms with Crippen molar-refractivity contribution in [1.29, 1.82) is 0 Å². The van der Waals surface area contributed by atoms with Crippen molar-refractivity contribution in [2.24, 2.45) is 0 Å². The van der Waals surface area contributed by atoms with Gasteiger partial charge in [0.05, 0.1) is 6.42 Å². The molecule has 1 aliphatic carbocycles. The Morgan fingerprint density at radius 3 is 2.40 bits per heavy atom. The molecule has 20 heavy (non-hydrogen) atoms. The van der Waals surface area contributed by atoms with E-state index in [-0.39, 0.29) is 12.4 Å². The number of benzene rings is 2. The molecule has 1 aliphatic rings. The summed E-state index contributed by atoms with van der Waals surface area (Å²) in [6, 6.07) is 15.1. The van der Waals surface area contributed by atoms with Gasteiger partial charge in [-0.05, 0) is 40.5 Å². The van der Waals surface area contributed by atoms with Gasteiger partial charge in [-0.25, -0.2) is 0 Å². The molecule has 0 amide bonds. The fourth-order valence-electron chi connectivity index (χ4n) is 2.11. The topological polar surface area (TPSA) is 26.3 Å². The Hall–Kier alpha value is -2.61. The molecule has 0 aliphatic heterocycles. The van der Waals surface area contributed by atoms with Gasteiger partial charge in [0.15, 0.2) is 0 Å². The van der Waals surface area contributed by atoms with Gasteiger partial charge < -0.3 is 4.74 Å². The summed E-state index contributed by atoms with van der Waals surface area (Å²) in [7, 11) is 0. The second kappa shape index (κ2) is 5.17. The molecule has 0 bridgehead atoms. The van der Waals surface area contributed by atoms with Gasteiger partial charge in [-0.2, -0.15) is 0 Å². The van der Waals surface area contributed by atoms with Gasteiger partial charge >= 0.3 is 5.97 Å². The highest BCUT2D eigenvalue weighted by Crippen LogP contribution is 2.28. The van der Waals surface area contributed by atoms with Crippen molar-refractivity contribution < 1.29 is 9.53 Å². The first-order valence-electron chi connectivity index (χ1n) is 6.48. The minimum Gasteiger partial charge on any atom is -0.426 e. The molecule has 2 aromatic carbocycles. The quantitative estimate of drug-likeness (QED) is 0.521. The molecular formula is C18H14O2. The summed E-state index contributed by atoms with van der Waals surface area (Å²) < 4.78 is 5.26. The van der Waals surface area contributed by atoms with Crippen molar-refractivity contribution in [2.45, 2.75) is 6.42 Å². The van der Waals surface area contributed by atoms with Crippen molar-refractivity contribution in [1.82, 2.24) is 0 Å². The molecular weight excluding hydrogens is 248 g/mol. The fraction of sp³-hybridized carbons (Fsp3) is 0.0556. The molecule has 0 heterocycles. The number of hydrogen-bond donors (Lipinski definition) is 0. The van der Waals surface area contributed by atoms with Crippen LogP contribution in [0.5, 0.6) is 5.75 Å². The standard InChI is InChI=1S/C18H14O2/c1-13(15-9-7-14-8-10-16(14)12-15)11-18(19)20-17-5-3-2-4-6-17/h2-10,12H,1,11H2. The molecule has 98 valence electrons. The second-order valence-electron chi connectivity index (χ2n) is 4.74. The van der Waals surface area contributed by atoms with E-state index in [9.17, 15) is 4.79 Å². The lowest BCUT2D eigenvalue weighted by molar-refractivity contribution is -0.133. The summed E-state index contributed by atoms with van der Waals surface area (Å²) in [6.45, 7) is 3.98. The Labute approximate surface area is 118 Å². The molecule has 2 aromatic rings. The van der Waals surface area contributed by atoms with Crippen molar-refractivity contribution in [3.8, 4) is 5.75 Å². The van der Waals surface area contributed by atoms with E-state index in [1.165, 1.54) is 11.1 Å². The molecule has 0 fully saturated rings. The van der Waals surface area contributed by atoms with Crippen LogP contribution < -0.4 is 4.74 Å². The fourth-order valence-corrected chi connectivity index (χ4v) is 2.11. The van der Waals surface area contributed by atoms with Crippen LogP contribution in [0.1, 0.15) is 23.1 Å². The van der Waals surface area contributed by atoms with Gasteiger partial charge in [-0.1, -0.05) is 49.1 Å². The average molecular weight is 262 g/mol. The van der Waals surface area contributed by atoms with E-state index in [1.807, 2.05) is 36.4 Å². The molecule has 0 saturated heterocycles. The van der Waals surface area contributed by atoms with Crippen LogP contribution in [-0.4, -0.2) is 5.97 Å². The summed E-state index contributed by atoms with van der Waals surface area (Å²) in [5.41, 5.74) is 4.18. The molecule has 0 aromatic heterocycles. The van der Waals surface area contributed by atoms with Gasteiger partial charge in [0.25, 0.3) is 0 Å². The van der Waals surface area contributed by atoms with Crippen molar-refractivity contribution in [3.63, 3.8) is 0 Å². The van der Waals surface area contributed by atoms with E-state index >= 15 is 0 Å². The molecule has 0 N–H and O–H groups in total. The first kappa shape index (κ1) is 12.4. The van der Waals surface area contributed by atoms with Gasteiger partial charge in [0.2, 0.25) is 0 Å². The highest BCUT2D eigenvalue weighted by Gasteiger charge is 2.11. The molecule has 0 saturated carbocycles. The first-order chi connectivity index (χ1) is 9.72. The van der Waals surface area contributed by atoms with E-state index in [2.05, 4.69) is 18.7 Å². The number of fused-ring (bicyclic) bond motifs is 1. The van der Waals surface area contributed by atoms with Crippen LogP contribution in [0.25, 0.3) is 17.7 Å². The maximum atomic E-state index is 11.9. The Balaban J connectivity index is 1.64. The normalized spacial score (nSPS) is 11.4. The van der Waals surface area contributed by atoms with Gasteiger partial charge in [-0.15, -0.1) is 0 Å². The maximum Gasteiger partial charge on any atom is 0.315 e. The summed E-state index contributed by atoms with van der Waals surface area (Å²) in [5, 5.41) is 0. The lowest BCUT2D eigenvalue weighted by atomic mass is 9.93. The van der Waals surface area contributed by atoms with Crippen LogP contribution >= 0.6 is 0 Å². The zero-order chi connectivity index (χ0) is 13.9. The van der Waals surface area contributed by atoms with Gasteiger partial charge in [0, 0.05) is 0 Å². The lowest BCUT2D eigenvalue weighted by Gasteiger charge is -2.13. The van der Waals surface area contributed by atoms with Crippen molar-refractivity contribution in [2.75, 3.05) is 0 Å². The predicted molar refractivity (Wildman–Crippen MR) is 81.1 cm³/mol. The number of ether oxygens (including phenoxy) is 1. The SMILES string of the molecule is C=C(CC(=O)Oc1ccccc1)c1ccc2c(c1)C=C2. The summed E-state index contributed by atoms with van der Waals surface area (Å²) in [5.74, 6) is 0.268. The minimum absolute atomic E-state index is 0.192. The number of rotatable bonds is 4. The molecule has 3 rings (SSSR count). The second-order valence-corrected chi connectivity index (χ2v) is 4.74. The Bertz CT molecular complexity index is 697. The first-order valence-corrected chi connectivity index (χ1v) is 6.48. The summed E-state index contributed by atoms with van der Waals surface area (Å²) >= 11 is 0. The van der Waals surface area contributed by atoms with E-state index in [1.54, 1.807) is 12.1 Å². The monoisotopic (exact) mass is 262 g/mol. The third-order valence-electron chi connectivity index (χ3n) is 3.27. The number of carbonyl (C=O) groups excluding carboxylic acids is 1. The molecule has 2 nitrogen and oxygen atoms in total. The molecule has 0 unspecified atom stereocenters. The highest BCUT2D eigenvalue weighted by molar-refractivity contribution is 5.90. The predicted octanol–water partition coefficient (Wildman–Crippen LogP) is 4.18. The Morgan fingerprint density at radius 2 is 1.75 bits per heavy atom. The molecule has 0 spiro atoms. The minimum atomic E-state index is -0.292. The van der Waals surface area contributed by atoms with E-state index in [4.69, 9.17) is 4.74 Å². The zero-order valence-corrected chi connectivity index (χ0v) is 11.0. The van der Waals surface area contributed by atoms with E-state index in [0.717, 1.165) is 11.1 Å². The van der Waals surface area contributed by atoms with Gasteiger partial charge in [-0.3, -0.25) is 4.79 Å². The average Bonchev–Trinajstić information content (AvgIpc) is 2.41. The van der Waals surface area contributed by atoms with Crippen LogP contribution in [0, 0.1) is 0 Å². The van der Waals surface area contributed by atoms with Crippen LogP contribution in [0.2, 0.25) is 0 Å². The summed E-state index contributed by atoms with van der Waals surface area (Å²) in [4.78, 5) is 11.9. The van der Waals surface area contributed by atoms with Gasteiger partial charge in [0.1, 0.15) is 5.75 Å². The molecule has 0 atom stereocenters. The highest BCUT2D eigenvalue weighted by atomic mass is 16.5. The van der Waals surface area contributed by atoms with Crippen molar-refractivity contribution >= 4 is 23.7 Å². The Kier molecular flexibility index (Phi) is 3.21. The third-order valence-corrected chi connectivity index (χ3v) is 3.27. The van der Waals surface area contributed by atoms with Crippen LogP contribution in [0.15, 0.2) is 55.1 Å². The van der Waals surface area contributed by atoms with Crippen LogP contribution in [0.3, 0.4) is 0 Å². The smallest absolute Gasteiger partial charge is 0.315 e. The van der Waals surface area contributed by atoms with Crippen LogP contribution in [0.4, 0.5) is 0 Å². The molecule has 2 heteroatoms.